The average molecular weight is 350 g/mol. The molecular weight excluding hydrogens is 316 g/mol. The number of hydrogen-bond acceptors (Lipinski definition) is 6. The summed E-state index contributed by atoms with van der Waals surface area (Å²) in [5, 5.41) is 16.5. The first-order chi connectivity index (χ1) is 11.5. The molecule has 0 spiro atoms. The van der Waals surface area contributed by atoms with Crippen molar-refractivity contribution in [1.82, 2.24) is 0 Å². The first-order valence-corrected chi connectivity index (χ1v) is 8.48. The summed E-state index contributed by atoms with van der Waals surface area (Å²) in [5.41, 5.74) is 10.00. The molecule has 0 fully saturated rings. The van der Waals surface area contributed by atoms with Gasteiger partial charge in [0.25, 0.3) is 0 Å². The molecule has 8 heteroatoms. The molecule has 144 valence electrons. The molecule has 24 heavy (non-hydrogen) atoms. The first-order valence-electron chi connectivity index (χ1n) is 8.48. The van der Waals surface area contributed by atoms with E-state index in [2.05, 4.69) is 0 Å². The van der Waals surface area contributed by atoms with Gasteiger partial charge in [-0.25, -0.2) is 0 Å². The molecule has 0 rings (SSSR count). The molecule has 0 atom stereocenters. The van der Waals surface area contributed by atoms with Crippen molar-refractivity contribution in [2.24, 2.45) is 11.5 Å². The maximum absolute atomic E-state index is 10.4. The molecule has 2 amide bonds. The predicted octanol–water partition coefficient (Wildman–Crippen LogP) is 0.0820. The molecular formula is C16H34N2O6. The van der Waals surface area contributed by atoms with Gasteiger partial charge in [-0.05, 0) is 12.8 Å². The number of rotatable bonds is 16. The zero-order valence-electron chi connectivity index (χ0n) is 14.6. The van der Waals surface area contributed by atoms with E-state index in [4.69, 9.17) is 31.2 Å². The van der Waals surface area contributed by atoms with Crippen molar-refractivity contribution in [1.29, 1.82) is 0 Å². The predicted molar refractivity (Wildman–Crippen MR) is 91.1 cm³/mol. The molecule has 0 bridgehead atoms. The van der Waals surface area contributed by atoms with Gasteiger partial charge in [-0.2, -0.15) is 0 Å². The SMILES string of the molecule is NC(=O)CCCCCCCCC(N)=O.OCCOCCOCCO. The van der Waals surface area contributed by atoms with Crippen LogP contribution in [0.25, 0.3) is 0 Å². The number of carbonyl (C=O) groups is 2. The van der Waals surface area contributed by atoms with Crippen molar-refractivity contribution in [2.75, 3.05) is 39.6 Å². The Bertz CT molecular complexity index is 262. The van der Waals surface area contributed by atoms with E-state index in [0.717, 1.165) is 38.5 Å². The summed E-state index contributed by atoms with van der Waals surface area (Å²) in [6.07, 6.45) is 7.02. The summed E-state index contributed by atoms with van der Waals surface area (Å²) in [7, 11) is 0. The number of carbonyl (C=O) groups excluding carboxylic acids is 2. The minimum absolute atomic E-state index is 0.0417. The van der Waals surface area contributed by atoms with E-state index in [-0.39, 0.29) is 25.0 Å². The first kappa shape index (κ1) is 25.0. The molecule has 8 nitrogen and oxygen atoms in total. The van der Waals surface area contributed by atoms with E-state index in [9.17, 15) is 9.59 Å². The fourth-order valence-electron chi connectivity index (χ4n) is 1.76. The van der Waals surface area contributed by atoms with Crippen molar-refractivity contribution in [3.8, 4) is 0 Å². The van der Waals surface area contributed by atoms with Crippen molar-refractivity contribution >= 4 is 11.8 Å². The highest BCUT2D eigenvalue weighted by atomic mass is 16.5. The lowest BCUT2D eigenvalue weighted by Gasteiger charge is -2.01. The number of aliphatic hydroxyl groups is 2. The minimum atomic E-state index is -0.223. The van der Waals surface area contributed by atoms with Crippen LogP contribution in [0.1, 0.15) is 51.4 Å². The fourth-order valence-corrected chi connectivity index (χ4v) is 1.76. The smallest absolute Gasteiger partial charge is 0.217 e. The summed E-state index contributed by atoms with van der Waals surface area (Å²) in [6, 6.07) is 0. The Labute approximate surface area is 144 Å². The highest BCUT2D eigenvalue weighted by molar-refractivity contribution is 5.73. The Hall–Kier alpha value is -1.22. The van der Waals surface area contributed by atoms with E-state index in [1.54, 1.807) is 0 Å². The monoisotopic (exact) mass is 350 g/mol. The average Bonchev–Trinajstić information content (AvgIpc) is 2.53. The largest absolute Gasteiger partial charge is 0.394 e. The molecule has 6 N–H and O–H groups in total. The van der Waals surface area contributed by atoms with Gasteiger partial charge >= 0.3 is 0 Å². The van der Waals surface area contributed by atoms with E-state index < -0.39 is 0 Å². The Morgan fingerprint density at radius 3 is 1.25 bits per heavy atom. The third-order valence-corrected chi connectivity index (χ3v) is 2.94. The lowest BCUT2D eigenvalue weighted by atomic mass is 10.1. The van der Waals surface area contributed by atoms with Crippen LogP contribution >= 0.6 is 0 Å². The van der Waals surface area contributed by atoms with E-state index in [1.165, 1.54) is 0 Å². The molecule has 0 saturated carbocycles. The molecule has 0 aromatic carbocycles. The number of amides is 2. The van der Waals surface area contributed by atoms with Gasteiger partial charge in [0, 0.05) is 12.8 Å². The van der Waals surface area contributed by atoms with Gasteiger partial charge in [0.15, 0.2) is 0 Å². The standard InChI is InChI=1S/C10H20N2O2.C6H14O4/c11-9(13)7-5-3-1-2-4-6-8-10(12)14;7-1-3-9-5-6-10-4-2-8/h1-8H2,(H2,11,13)(H2,12,14);7-8H,1-6H2. The quantitative estimate of drug-likeness (QED) is 0.290. The summed E-state index contributed by atoms with van der Waals surface area (Å²) < 4.78 is 9.75. The van der Waals surface area contributed by atoms with Gasteiger partial charge in [-0.3, -0.25) is 9.59 Å². The Kier molecular flexibility index (Phi) is 22.7. The zero-order valence-corrected chi connectivity index (χ0v) is 14.6. The van der Waals surface area contributed by atoms with Crippen LogP contribution in [0.5, 0.6) is 0 Å². The highest BCUT2D eigenvalue weighted by Gasteiger charge is 1.96. The molecule has 0 aliphatic heterocycles. The van der Waals surface area contributed by atoms with Crippen LogP contribution in [0.4, 0.5) is 0 Å². The molecule has 0 aliphatic rings. The van der Waals surface area contributed by atoms with Crippen LogP contribution in [-0.4, -0.2) is 61.7 Å². The third kappa shape index (κ3) is 28.9. The van der Waals surface area contributed by atoms with Crippen LogP contribution in [-0.2, 0) is 19.1 Å². The molecule has 0 saturated heterocycles. The second-order valence-corrected chi connectivity index (χ2v) is 5.23. The van der Waals surface area contributed by atoms with Crippen LogP contribution in [0, 0.1) is 0 Å². The number of nitrogens with two attached hydrogens (primary N) is 2. The summed E-state index contributed by atoms with van der Waals surface area (Å²) in [4.78, 5) is 20.8. The molecule has 0 aliphatic carbocycles. The van der Waals surface area contributed by atoms with Crippen LogP contribution in [0.3, 0.4) is 0 Å². The fraction of sp³-hybridized carbons (Fsp3) is 0.875. The van der Waals surface area contributed by atoms with Gasteiger partial charge in [0.2, 0.25) is 11.8 Å². The maximum atomic E-state index is 10.4. The summed E-state index contributed by atoms with van der Waals surface area (Å²) in [5.74, 6) is -0.447. The molecule has 0 aromatic rings. The second kappa shape index (κ2) is 21.8. The number of primary amides is 2. The van der Waals surface area contributed by atoms with Gasteiger partial charge in [0.1, 0.15) is 0 Å². The zero-order chi connectivity index (χ0) is 18.5. The Morgan fingerprint density at radius 1 is 0.625 bits per heavy atom. The number of unbranched alkanes of at least 4 members (excludes halogenated alkanes) is 5. The van der Waals surface area contributed by atoms with Gasteiger partial charge in [-0.15, -0.1) is 0 Å². The molecule has 0 aromatic heterocycles. The van der Waals surface area contributed by atoms with E-state index in [1.807, 2.05) is 0 Å². The van der Waals surface area contributed by atoms with Gasteiger partial charge < -0.3 is 31.2 Å². The van der Waals surface area contributed by atoms with Crippen LogP contribution in [0.15, 0.2) is 0 Å². The van der Waals surface area contributed by atoms with Crippen LogP contribution in [0.2, 0.25) is 0 Å². The van der Waals surface area contributed by atoms with E-state index in [0.29, 0.717) is 39.3 Å². The molecule has 0 heterocycles. The topological polar surface area (TPSA) is 145 Å². The molecule has 0 unspecified atom stereocenters. The summed E-state index contributed by atoms with van der Waals surface area (Å²) >= 11 is 0. The summed E-state index contributed by atoms with van der Waals surface area (Å²) in [6.45, 7) is 1.73. The Balaban J connectivity index is 0. The van der Waals surface area contributed by atoms with Crippen LogP contribution < -0.4 is 11.5 Å². The lowest BCUT2D eigenvalue weighted by Crippen LogP contribution is -2.09. The minimum Gasteiger partial charge on any atom is -0.394 e. The maximum Gasteiger partial charge on any atom is 0.217 e. The molecule has 0 radical (unpaired) electrons. The van der Waals surface area contributed by atoms with Crippen molar-refractivity contribution in [2.45, 2.75) is 51.4 Å². The second-order valence-electron chi connectivity index (χ2n) is 5.23. The van der Waals surface area contributed by atoms with Gasteiger partial charge in [0.05, 0.1) is 39.6 Å². The van der Waals surface area contributed by atoms with E-state index >= 15 is 0 Å². The van der Waals surface area contributed by atoms with Crippen molar-refractivity contribution in [3.63, 3.8) is 0 Å². The number of ether oxygens (including phenoxy) is 2. The third-order valence-electron chi connectivity index (χ3n) is 2.94. The Morgan fingerprint density at radius 2 is 0.958 bits per heavy atom. The van der Waals surface area contributed by atoms with Gasteiger partial charge in [-0.1, -0.05) is 25.7 Å². The van der Waals surface area contributed by atoms with Crippen molar-refractivity contribution in [3.05, 3.63) is 0 Å². The number of aliphatic hydroxyl groups excluding tert-OH is 2. The number of hydrogen-bond donors (Lipinski definition) is 4. The highest BCUT2D eigenvalue weighted by Crippen LogP contribution is 2.07. The van der Waals surface area contributed by atoms with Crippen molar-refractivity contribution < 1.29 is 29.3 Å². The lowest BCUT2D eigenvalue weighted by molar-refractivity contribution is -0.119. The normalized spacial score (nSPS) is 10.1.